The fourth-order valence-corrected chi connectivity index (χ4v) is 4.99. The first kappa shape index (κ1) is 22.3. The Bertz CT molecular complexity index is 1100. The Morgan fingerprint density at radius 1 is 1.28 bits per heavy atom. The molecule has 1 amide bonds. The van der Waals surface area contributed by atoms with Gasteiger partial charge in [0.25, 0.3) is 5.24 Å². The molecule has 166 valence electrons. The van der Waals surface area contributed by atoms with Crippen LogP contribution in [0.4, 0.5) is 13.6 Å². The van der Waals surface area contributed by atoms with Crippen molar-refractivity contribution < 1.29 is 18.7 Å². The molecule has 32 heavy (non-hydrogen) atoms. The van der Waals surface area contributed by atoms with E-state index in [0.29, 0.717) is 18.1 Å². The summed E-state index contributed by atoms with van der Waals surface area (Å²) in [6.45, 7) is 0.323. The quantitative estimate of drug-likeness (QED) is 0.475. The molecular formula is C21H19F2N5O2S2. The monoisotopic (exact) mass is 475 g/mol. The number of tetrazole rings is 1. The van der Waals surface area contributed by atoms with Gasteiger partial charge in [0.05, 0.1) is 10.9 Å². The number of aromatic amines is 1. The molecule has 7 nitrogen and oxygen atoms in total. The van der Waals surface area contributed by atoms with Crippen molar-refractivity contribution in [3.05, 3.63) is 71.1 Å². The first-order valence-electron chi connectivity index (χ1n) is 9.69. The highest BCUT2D eigenvalue weighted by molar-refractivity contribution is 8.13. The van der Waals surface area contributed by atoms with E-state index in [2.05, 4.69) is 20.6 Å². The molecule has 0 bridgehead atoms. The molecule has 1 saturated heterocycles. The van der Waals surface area contributed by atoms with Crippen LogP contribution in [0.5, 0.6) is 0 Å². The fourth-order valence-electron chi connectivity index (χ4n) is 3.14. The molecule has 1 aromatic carbocycles. The molecule has 2 aromatic heterocycles. The minimum absolute atomic E-state index is 0.131. The van der Waals surface area contributed by atoms with Gasteiger partial charge in [0, 0.05) is 22.7 Å². The van der Waals surface area contributed by atoms with Crippen LogP contribution in [-0.4, -0.2) is 60.3 Å². The molecule has 0 radical (unpaired) electrons. The Balaban J connectivity index is 1.38. The lowest BCUT2D eigenvalue weighted by Crippen LogP contribution is -2.33. The number of hydrogen-bond donors (Lipinski definition) is 2. The summed E-state index contributed by atoms with van der Waals surface area (Å²) in [6, 6.07) is 10.6. The van der Waals surface area contributed by atoms with Gasteiger partial charge in [-0.2, -0.15) is 8.78 Å². The largest absolute Gasteiger partial charge is 0.382 e. The van der Waals surface area contributed by atoms with Crippen LogP contribution >= 0.6 is 23.1 Å². The first-order chi connectivity index (χ1) is 15.4. The molecule has 1 fully saturated rings. The number of hydrogen-bond acceptors (Lipinski definition) is 7. The smallest absolute Gasteiger partial charge is 0.302 e. The number of carbonyl (C=O) groups excluding carboxylic acids is 1. The summed E-state index contributed by atoms with van der Waals surface area (Å²) in [5.74, 6) is -2.40. The summed E-state index contributed by atoms with van der Waals surface area (Å²) in [5, 5.41) is 23.6. The van der Waals surface area contributed by atoms with Gasteiger partial charge in [-0.3, -0.25) is 4.79 Å². The zero-order valence-electron chi connectivity index (χ0n) is 16.6. The number of aliphatic hydroxyl groups excluding tert-OH is 1. The summed E-state index contributed by atoms with van der Waals surface area (Å²) in [7, 11) is 0. The Kier molecular flexibility index (Phi) is 6.77. The lowest BCUT2D eigenvalue weighted by molar-refractivity contribution is -0.0929. The number of H-pyrrole nitrogens is 1. The average molecular weight is 476 g/mol. The van der Waals surface area contributed by atoms with Crippen molar-refractivity contribution in [2.45, 2.75) is 18.1 Å². The van der Waals surface area contributed by atoms with Gasteiger partial charge >= 0.3 is 5.92 Å². The number of aromatic nitrogens is 4. The number of rotatable bonds is 8. The van der Waals surface area contributed by atoms with Gasteiger partial charge in [0.15, 0.2) is 5.82 Å². The number of amides is 1. The Labute approximate surface area is 190 Å². The van der Waals surface area contributed by atoms with E-state index in [-0.39, 0.29) is 16.8 Å². The van der Waals surface area contributed by atoms with Crippen molar-refractivity contribution >= 4 is 34.4 Å². The van der Waals surface area contributed by atoms with E-state index < -0.39 is 12.0 Å². The number of nitrogens with zero attached hydrogens (tertiary/aromatic N) is 4. The topological polar surface area (TPSA) is 95.0 Å². The highest BCUT2D eigenvalue weighted by Gasteiger charge is 2.39. The molecule has 4 rings (SSSR count). The Morgan fingerprint density at radius 2 is 2.09 bits per heavy atom. The van der Waals surface area contributed by atoms with Gasteiger partial charge in [0.2, 0.25) is 0 Å². The van der Waals surface area contributed by atoms with Gasteiger partial charge in [0.1, 0.15) is 6.10 Å². The number of halogens is 2. The Hall–Kier alpha value is -2.89. The van der Waals surface area contributed by atoms with Gasteiger partial charge in [-0.25, -0.2) is 5.10 Å². The summed E-state index contributed by atoms with van der Waals surface area (Å²) in [4.78, 5) is 15.7. The average Bonchev–Trinajstić information content (AvgIpc) is 3.55. The van der Waals surface area contributed by atoms with Crippen molar-refractivity contribution in [1.82, 2.24) is 25.5 Å². The van der Waals surface area contributed by atoms with E-state index >= 15 is 0 Å². The van der Waals surface area contributed by atoms with Gasteiger partial charge < -0.3 is 10.0 Å². The molecule has 0 spiro atoms. The van der Waals surface area contributed by atoms with Gasteiger partial charge in [-0.15, -0.1) is 16.4 Å². The van der Waals surface area contributed by atoms with E-state index in [4.69, 9.17) is 0 Å². The normalized spacial score (nSPS) is 18.3. The third kappa shape index (κ3) is 4.95. The van der Waals surface area contributed by atoms with Crippen molar-refractivity contribution in [1.29, 1.82) is 0 Å². The zero-order valence-corrected chi connectivity index (χ0v) is 18.3. The van der Waals surface area contributed by atoms with Crippen LogP contribution in [-0.2, 0) is 5.92 Å². The maximum absolute atomic E-state index is 14.5. The van der Waals surface area contributed by atoms with Gasteiger partial charge in [-0.1, -0.05) is 60.3 Å². The molecule has 1 aliphatic heterocycles. The second-order valence-corrected chi connectivity index (χ2v) is 9.06. The molecular weight excluding hydrogens is 456 g/mol. The summed E-state index contributed by atoms with van der Waals surface area (Å²) in [5.41, 5.74) is -0.259. The van der Waals surface area contributed by atoms with Crippen LogP contribution in [0, 0.1) is 0 Å². The number of nitrogens with one attached hydrogen (secondary N) is 1. The second-order valence-electron chi connectivity index (χ2n) is 6.97. The number of benzene rings is 1. The molecule has 2 atom stereocenters. The predicted molar refractivity (Wildman–Crippen MR) is 120 cm³/mol. The van der Waals surface area contributed by atoms with Gasteiger partial charge in [-0.05, 0) is 28.6 Å². The van der Waals surface area contributed by atoms with Crippen LogP contribution in [0.2, 0.25) is 0 Å². The molecule has 0 saturated carbocycles. The molecule has 2 N–H and O–H groups in total. The van der Waals surface area contributed by atoms with E-state index in [0.717, 1.165) is 27.6 Å². The second kappa shape index (κ2) is 9.72. The zero-order chi connectivity index (χ0) is 22.6. The van der Waals surface area contributed by atoms with Crippen LogP contribution in [0.25, 0.3) is 16.8 Å². The highest BCUT2D eigenvalue weighted by atomic mass is 32.2. The minimum atomic E-state index is -3.42. The van der Waals surface area contributed by atoms with Crippen LogP contribution in [0.15, 0.2) is 60.7 Å². The Morgan fingerprint density at radius 3 is 2.84 bits per heavy atom. The fraction of sp³-hybridized carbons (Fsp3) is 0.238. The van der Waals surface area contributed by atoms with Crippen molar-refractivity contribution in [2.75, 3.05) is 12.3 Å². The number of thiophene rings is 1. The summed E-state index contributed by atoms with van der Waals surface area (Å²) >= 11 is 2.62. The third-order valence-electron chi connectivity index (χ3n) is 4.85. The van der Waals surface area contributed by atoms with E-state index in [1.165, 1.54) is 41.7 Å². The SMILES string of the molecule is O=C1SCC(/C=C/C(O)C(F)(F)c2ccccc2)N1C/C=C\c1ccc(-c2nnn[nH]2)s1. The molecule has 11 heteroatoms. The number of aliphatic hydroxyl groups is 1. The standard InChI is InChI=1S/C21H19F2N5O2S2/c22-21(23,14-5-2-1-3-6-14)18(29)11-8-15-13-31-20(30)28(15)12-4-7-16-9-10-17(32-16)19-24-26-27-25-19/h1-11,15,18,29H,12-13H2,(H,24,25,26,27)/b7-4-,11-8+. The third-order valence-corrected chi connectivity index (χ3v) is 6.89. The first-order valence-corrected chi connectivity index (χ1v) is 11.5. The molecule has 1 aliphatic rings. The maximum atomic E-state index is 14.5. The number of alkyl halides is 2. The molecule has 3 heterocycles. The maximum Gasteiger partial charge on any atom is 0.302 e. The number of carbonyl (C=O) groups is 1. The minimum Gasteiger partial charge on any atom is -0.382 e. The molecule has 2 unspecified atom stereocenters. The summed E-state index contributed by atoms with van der Waals surface area (Å²) < 4.78 is 29.0. The van der Waals surface area contributed by atoms with E-state index in [1.807, 2.05) is 24.3 Å². The lowest BCUT2D eigenvalue weighted by atomic mass is 10.0. The van der Waals surface area contributed by atoms with Crippen LogP contribution in [0.3, 0.4) is 0 Å². The van der Waals surface area contributed by atoms with Crippen LogP contribution < -0.4 is 0 Å². The van der Waals surface area contributed by atoms with E-state index in [1.54, 1.807) is 11.0 Å². The number of thioether (sulfide) groups is 1. The molecule has 0 aliphatic carbocycles. The van der Waals surface area contributed by atoms with Crippen molar-refractivity contribution in [2.24, 2.45) is 0 Å². The van der Waals surface area contributed by atoms with Crippen LogP contribution in [0.1, 0.15) is 10.4 Å². The summed E-state index contributed by atoms with van der Waals surface area (Å²) in [6.07, 6.45) is 4.29. The predicted octanol–water partition coefficient (Wildman–Crippen LogP) is 4.19. The highest BCUT2D eigenvalue weighted by Crippen LogP contribution is 2.33. The van der Waals surface area contributed by atoms with Crippen molar-refractivity contribution in [3.8, 4) is 10.7 Å². The van der Waals surface area contributed by atoms with Crippen molar-refractivity contribution in [3.63, 3.8) is 0 Å². The molecule has 3 aromatic rings. The van der Waals surface area contributed by atoms with E-state index in [9.17, 15) is 18.7 Å². The lowest BCUT2D eigenvalue weighted by Gasteiger charge is -2.22.